The summed E-state index contributed by atoms with van der Waals surface area (Å²) in [5, 5.41) is 18.3. The van der Waals surface area contributed by atoms with Gasteiger partial charge < -0.3 is 19.2 Å². The Bertz CT molecular complexity index is 2190. The summed E-state index contributed by atoms with van der Waals surface area (Å²) < 4.78 is 13.7. The summed E-state index contributed by atoms with van der Waals surface area (Å²) in [6.07, 6.45) is 4.60. The van der Waals surface area contributed by atoms with Crippen molar-refractivity contribution in [1.29, 1.82) is 0 Å². The number of hydrogen-bond donors (Lipinski definition) is 1. The number of carbonyl (C=O) groups is 1. The van der Waals surface area contributed by atoms with Crippen LogP contribution in [0, 0.1) is 26.7 Å². The molecule has 6 nitrogen and oxygen atoms in total. The zero-order chi connectivity index (χ0) is 35.4. The first kappa shape index (κ1) is 34.9. The molecule has 0 saturated heterocycles. The molecule has 0 bridgehead atoms. The van der Waals surface area contributed by atoms with E-state index in [-0.39, 0.29) is 5.78 Å². The minimum absolute atomic E-state index is 0.0317. The predicted octanol–water partition coefficient (Wildman–Crippen LogP) is 10.6. The molecule has 0 saturated carbocycles. The van der Waals surface area contributed by atoms with E-state index in [0.29, 0.717) is 41.7 Å². The smallest absolute Gasteiger partial charge is 0.194 e. The average molecular weight is 669 g/mol. The van der Waals surface area contributed by atoms with Crippen molar-refractivity contribution in [2.24, 2.45) is 11.1 Å². The van der Waals surface area contributed by atoms with Crippen LogP contribution in [-0.4, -0.2) is 41.6 Å². The van der Waals surface area contributed by atoms with E-state index in [1.165, 1.54) is 12.8 Å². The summed E-state index contributed by atoms with van der Waals surface area (Å²) in [7, 11) is 1.64. The van der Waals surface area contributed by atoms with Gasteiger partial charge in [0.1, 0.15) is 18.1 Å². The minimum atomic E-state index is 0.0317. The highest BCUT2D eigenvalue weighted by Crippen LogP contribution is 2.39. The quantitative estimate of drug-likeness (QED) is 0.0412. The van der Waals surface area contributed by atoms with Crippen LogP contribution < -0.4 is 4.74 Å². The lowest BCUT2D eigenvalue weighted by atomic mass is 9.89. The summed E-state index contributed by atoms with van der Waals surface area (Å²) >= 11 is 0. The van der Waals surface area contributed by atoms with E-state index in [2.05, 4.69) is 79.0 Å². The number of fused-ring (bicyclic) bond motifs is 5. The normalized spacial score (nSPS) is 12.6. The third-order valence-electron chi connectivity index (χ3n) is 10.1. The lowest BCUT2D eigenvalue weighted by molar-refractivity contribution is 0.103. The van der Waals surface area contributed by atoms with Gasteiger partial charge in [0.2, 0.25) is 0 Å². The van der Waals surface area contributed by atoms with E-state index < -0.39 is 0 Å². The molecule has 0 aliphatic rings. The lowest BCUT2D eigenvalue weighted by Gasteiger charge is -2.19. The van der Waals surface area contributed by atoms with Gasteiger partial charge in [-0.1, -0.05) is 98.4 Å². The molecule has 1 N–H and O–H groups in total. The molecule has 0 fully saturated rings. The zero-order valence-electron chi connectivity index (χ0n) is 30.2. The van der Waals surface area contributed by atoms with Crippen molar-refractivity contribution in [2.75, 3.05) is 20.3 Å². The number of methoxy groups -OCH3 is 1. The van der Waals surface area contributed by atoms with Crippen molar-refractivity contribution >= 4 is 44.1 Å². The molecule has 0 aliphatic carbocycles. The number of benzene rings is 5. The number of ether oxygens (including phenoxy) is 2. The summed E-state index contributed by atoms with van der Waals surface area (Å²) in [6.45, 7) is 12.3. The maximum Gasteiger partial charge on any atom is 0.194 e. The van der Waals surface area contributed by atoms with Gasteiger partial charge in [-0.15, -0.1) is 0 Å². The number of carbonyl (C=O) groups excluding carboxylic acids is 1. The highest BCUT2D eigenvalue weighted by molar-refractivity contribution is 6.27. The summed E-state index contributed by atoms with van der Waals surface area (Å²) in [6, 6.07) is 28.5. The van der Waals surface area contributed by atoms with Crippen molar-refractivity contribution in [2.45, 2.75) is 66.8 Å². The Kier molecular flexibility index (Phi) is 10.7. The van der Waals surface area contributed by atoms with Gasteiger partial charge in [0.15, 0.2) is 5.78 Å². The second-order valence-corrected chi connectivity index (χ2v) is 13.5. The number of unbranched alkanes of at least 4 members (excludes halogenated alkanes) is 1. The summed E-state index contributed by atoms with van der Waals surface area (Å²) in [5.74, 6) is 1.16. The van der Waals surface area contributed by atoms with Gasteiger partial charge in [0.25, 0.3) is 0 Å². The molecule has 50 heavy (non-hydrogen) atoms. The molecule has 258 valence electrons. The number of hydrogen-bond acceptors (Lipinski definition) is 5. The van der Waals surface area contributed by atoms with Crippen molar-refractivity contribution in [3.05, 3.63) is 124 Å². The van der Waals surface area contributed by atoms with Crippen LogP contribution in [0.25, 0.3) is 32.6 Å². The van der Waals surface area contributed by atoms with E-state index in [9.17, 15) is 10.0 Å². The molecular formula is C44H48N2O4. The van der Waals surface area contributed by atoms with E-state index >= 15 is 0 Å². The van der Waals surface area contributed by atoms with E-state index in [4.69, 9.17) is 9.47 Å². The first-order valence-electron chi connectivity index (χ1n) is 17.8. The maximum atomic E-state index is 14.6. The van der Waals surface area contributed by atoms with Crippen LogP contribution >= 0.6 is 0 Å². The standard InChI is InChI=1S/C44H48N2O4/c1-7-9-14-31(8-2)27-46-39-20-19-32(42(45-48)35-17-12-13-18-40(35)50-22-21-49-6)25-36(39)37-26-38(33-15-10-11-16-34(33)43(37)46)44(47)41-29(4)23-28(3)24-30(41)5/h10-13,15-20,23-26,31,48H,7-9,14,21-22,27H2,1-6H3. The van der Waals surface area contributed by atoms with Gasteiger partial charge in [-0.05, 0) is 80.0 Å². The maximum absolute atomic E-state index is 14.6. The fourth-order valence-corrected chi connectivity index (χ4v) is 7.63. The number of aryl methyl sites for hydroxylation is 3. The van der Waals surface area contributed by atoms with E-state index in [1.807, 2.05) is 50.2 Å². The number of oxime groups is 1. The number of ketones is 1. The third kappa shape index (κ3) is 6.65. The fourth-order valence-electron chi connectivity index (χ4n) is 7.63. The molecule has 1 heterocycles. The van der Waals surface area contributed by atoms with Crippen molar-refractivity contribution < 1.29 is 19.5 Å². The third-order valence-corrected chi connectivity index (χ3v) is 10.1. The van der Waals surface area contributed by atoms with E-state index in [0.717, 1.165) is 79.8 Å². The van der Waals surface area contributed by atoms with Crippen molar-refractivity contribution in [1.82, 2.24) is 4.57 Å². The van der Waals surface area contributed by atoms with Gasteiger partial charge in [-0.3, -0.25) is 4.79 Å². The Hall–Kier alpha value is -4.94. The molecule has 6 rings (SSSR count). The monoisotopic (exact) mass is 668 g/mol. The molecule has 0 amide bonds. The van der Waals surface area contributed by atoms with Gasteiger partial charge in [0, 0.05) is 57.6 Å². The van der Waals surface area contributed by atoms with Crippen LogP contribution in [0.1, 0.15) is 83.3 Å². The van der Waals surface area contributed by atoms with E-state index in [1.54, 1.807) is 7.11 Å². The molecule has 1 aromatic heterocycles. The predicted molar refractivity (Wildman–Crippen MR) is 206 cm³/mol. The van der Waals surface area contributed by atoms with Crippen LogP contribution in [0.2, 0.25) is 0 Å². The molecular weight excluding hydrogens is 620 g/mol. The average Bonchev–Trinajstić information content (AvgIpc) is 3.42. The highest BCUT2D eigenvalue weighted by atomic mass is 16.5. The van der Waals surface area contributed by atoms with Gasteiger partial charge in [0.05, 0.1) is 12.1 Å². The Morgan fingerprint density at radius 1 is 0.820 bits per heavy atom. The summed E-state index contributed by atoms with van der Waals surface area (Å²) in [4.78, 5) is 14.6. The van der Waals surface area contributed by atoms with Gasteiger partial charge >= 0.3 is 0 Å². The molecule has 6 heteroatoms. The largest absolute Gasteiger partial charge is 0.490 e. The SMILES string of the molecule is CCCCC(CC)Cn1c2ccc(C(=NO)c3ccccc3OCCOC)cc2c2cc(C(=O)c3c(C)cc(C)cc3C)c3ccccc3c21. The highest BCUT2D eigenvalue weighted by Gasteiger charge is 2.24. The molecule has 0 radical (unpaired) electrons. The second-order valence-electron chi connectivity index (χ2n) is 13.5. The topological polar surface area (TPSA) is 73.1 Å². The van der Waals surface area contributed by atoms with Crippen LogP contribution in [-0.2, 0) is 11.3 Å². The molecule has 0 aliphatic heterocycles. The second kappa shape index (κ2) is 15.3. The first-order chi connectivity index (χ1) is 24.3. The van der Waals surface area contributed by atoms with Gasteiger partial charge in [-0.25, -0.2) is 0 Å². The van der Waals surface area contributed by atoms with Crippen molar-refractivity contribution in [3.63, 3.8) is 0 Å². The Labute approximate surface area is 295 Å². The van der Waals surface area contributed by atoms with Crippen LogP contribution in [0.15, 0.2) is 90.1 Å². The Morgan fingerprint density at radius 2 is 1.54 bits per heavy atom. The molecule has 5 aromatic carbocycles. The molecule has 1 atom stereocenters. The Morgan fingerprint density at radius 3 is 2.24 bits per heavy atom. The lowest BCUT2D eigenvalue weighted by Crippen LogP contribution is -2.11. The number of rotatable bonds is 14. The van der Waals surface area contributed by atoms with Crippen LogP contribution in [0.5, 0.6) is 5.75 Å². The molecule has 0 spiro atoms. The fraction of sp³-hybridized carbons (Fsp3) is 0.318. The van der Waals surface area contributed by atoms with Crippen molar-refractivity contribution in [3.8, 4) is 5.75 Å². The van der Waals surface area contributed by atoms with Gasteiger partial charge in [-0.2, -0.15) is 0 Å². The zero-order valence-corrected chi connectivity index (χ0v) is 30.2. The van der Waals surface area contributed by atoms with Crippen LogP contribution in [0.4, 0.5) is 0 Å². The Balaban J connectivity index is 1.62. The molecule has 6 aromatic rings. The first-order valence-corrected chi connectivity index (χ1v) is 17.8. The number of aromatic nitrogens is 1. The van der Waals surface area contributed by atoms with Crippen LogP contribution in [0.3, 0.4) is 0 Å². The summed E-state index contributed by atoms with van der Waals surface area (Å²) in [5.41, 5.74) is 8.65. The number of para-hydroxylation sites is 1. The molecule has 1 unspecified atom stereocenters. The number of nitrogens with zero attached hydrogens (tertiary/aromatic N) is 2. The minimum Gasteiger partial charge on any atom is -0.490 e.